The first-order valence-corrected chi connectivity index (χ1v) is 3.37. The zero-order valence-electron chi connectivity index (χ0n) is 6.10. The Balaban J connectivity index is 2.77. The molecule has 58 valence electrons. The molecule has 0 aliphatic rings. The molecule has 2 aromatic rings. The highest BCUT2D eigenvalue weighted by Gasteiger charge is 1.99. The second kappa shape index (κ2) is 2.24. The van der Waals surface area contributed by atoms with Crippen molar-refractivity contribution in [1.82, 2.24) is 9.38 Å². The third-order valence-corrected chi connectivity index (χ3v) is 1.58. The number of fused-ring (bicyclic) bond motifs is 1. The Morgan fingerprint density at radius 3 is 3.17 bits per heavy atom. The number of pyridine rings is 1. The molecule has 2 aromatic heterocycles. The number of hydrogen-bond donors (Lipinski definition) is 1. The summed E-state index contributed by atoms with van der Waals surface area (Å²) in [6.07, 6.45) is 3.16. The number of hydrogen-bond acceptors (Lipinski definition) is 3. The predicted octanol–water partition coefficient (Wildman–Crippen LogP) is 0.912. The molecule has 0 saturated heterocycles. The van der Waals surface area contributed by atoms with Crippen molar-refractivity contribution in [2.75, 3.05) is 0 Å². The molecule has 0 aliphatic heterocycles. The molecule has 4 nitrogen and oxygen atoms in total. The molecule has 0 saturated carbocycles. The molecule has 0 spiro atoms. The van der Waals surface area contributed by atoms with Crippen molar-refractivity contribution in [3.63, 3.8) is 0 Å². The van der Waals surface area contributed by atoms with Gasteiger partial charge in [-0.3, -0.25) is 0 Å². The summed E-state index contributed by atoms with van der Waals surface area (Å²) in [5.41, 5.74) is 1.11. The van der Waals surface area contributed by atoms with E-state index in [1.54, 1.807) is 22.7 Å². The molecule has 12 heavy (non-hydrogen) atoms. The lowest BCUT2D eigenvalue weighted by molar-refractivity contribution is 0.457. The van der Waals surface area contributed by atoms with E-state index in [0.29, 0.717) is 11.2 Å². The maximum atomic E-state index is 9.00. The van der Waals surface area contributed by atoms with Gasteiger partial charge in [0.15, 0.2) is 0 Å². The normalized spacial score (nSPS) is 9.92. The number of rotatable bonds is 0. The SMILES string of the molecule is N#Cc1ccn2cc(O)nc2c1. The molecule has 0 unspecified atom stereocenters. The second-order valence-corrected chi connectivity index (χ2v) is 2.39. The molecule has 1 N–H and O–H groups in total. The Morgan fingerprint density at radius 2 is 2.42 bits per heavy atom. The highest BCUT2D eigenvalue weighted by molar-refractivity contribution is 5.47. The quantitative estimate of drug-likeness (QED) is 0.621. The predicted molar refractivity (Wildman–Crippen MR) is 41.6 cm³/mol. The maximum absolute atomic E-state index is 9.00. The summed E-state index contributed by atoms with van der Waals surface area (Å²) in [6.45, 7) is 0. The molecule has 0 aromatic carbocycles. The number of nitriles is 1. The van der Waals surface area contributed by atoms with Crippen LogP contribution in [0.1, 0.15) is 5.56 Å². The first kappa shape index (κ1) is 6.68. The lowest BCUT2D eigenvalue weighted by atomic mass is 10.3. The molecule has 0 fully saturated rings. The van der Waals surface area contributed by atoms with Crippen molar-refractivity contribution >= 4 is 5.65 Å². The van der Waals surface area contributed by atoms with Gasteiger partial charge in [0.2, 0.25) is 5.88 Å². The van der Waals surface area contributed by atoms with Gasteiger partial charge in [-0.15, -0.1) is 0 Å². The van der Waals surface area contributed by atoms with Gasteiger partial charge in [-0.1, -0.05) is 0 Å². The van der Waals surface area contributed by atoms with Crippen LogP contribution >= 0.6 is 0 Å². The fourth-order valence-corrected chi connectivity index (χ4v) is 1.04. The molecule has 4 heteroatoms. The lowest BCUT2D eigenvalue weighted by Crippen LogP contribution is -1.82. The van der Waals surface area contributed by atoms with Crippen LogP contribution in [0.15, 0.2) is 24.5 Å². The van der Waals surface area contributed by atoms with Crippen molar-refractivity contribution in [3.05, 3.63) is 30.1 Å². The fraction of sp³-hybridized carbons (Fsp3) is 0. The van der Waals surface area contributed by atoms with Crippen LogP contribution in [-0.4, -0.2) is 14.5 Å². The Bertz CT molecular complexity index is 467. The minimum absolute atomic E-state index is 0.0370. The zero-order valence-corrected chi connectivity index (χ0v) is 6.10. The summed E-state index contributed by atoms with van der Waals surface area (Å²) in [6, 6.07) is 5.27. The van der Waals surface area contributed by atoms with E-state index in [2.05, 4.69) is 4.98 Å². The van der Waals surface area contributed by atoms with E-state index in [4.69, 9.17) is 10.4 Å². The number of aromatic hydroxyl groups is 1. The lowest BCUT2D eigenvalue weighted by Gasteiger charge is -1.90. The van der Waals surface area contributed by atoms with Gasteiger partial charge in [-0.2, -0.15) is 10.2 Å². The largest absolute Gasteiger partial charge is 0.492 e. The minimum Gasteiger partial charge on any atom is -0.492 e. The Hall–Kier alpha value is -2.02. The zero-order chi connectivity index (χ0) is 8.55. The van der Waals surface area contributed by atoms with E-state index in [1.165, 1.54) is 6.20 Å². The molecule has 0 bridgehead atoms. The Morgan fingerprint density at radius 1 is 1.58 bits per heavy atom. The van der Waals surface area contributed by atoms with Crippen LogP contribution in [0.3, 0.4) is 0 Å². The van der Waals surface area contributed by atoms with Gasteiger partial charge in [0, 0.05) is 6.20 Å². The number of aromatic nitrogens is 2. The third-order valence-electron chi connectivity index (χ3n) is 1.58. The summed E-state index contributed by atoms with van der Waals surface area (Å²) in [5, 5.41) is 17.6. The van der Waals surface area contributed by atoms with E-state index < -0.39 is 0 Å². The summed E-state index contributed by atoms with van der Waals surface area (Å²) in [7, 11) is 0. The van der Waals surface area contributed by atoms with Gasteiger partial charge in [0.05, 0.1) is 17.8 Å². The average Bonchev–Trinajstić information content (AvgIpc) is 2.43. The summed E-state index contributed by atoms with van der Waals surface area (Å²) < 4.78 is 1.65. The molecule has 2 heterocycles. The smallest absolute Gasteiger partial charge is 0.230 e. The third kappa shape index (κ3) is 0.883. The van der Waals surface area contributed by atoms with Gasteiger partial charge in [0.25, 0.3) is 0 Å². The monoisotopic (exact) mass is 159 g/mol. The van der Waals surface area contributed by atoms with Crippen LogP contribution in [0.4, 0.5) is 0 Å². The van der Waals surface area contributed by atoms with E-state index in [-0.39, 0.29) is 5.88 Å². The van der Waals surface area contributed by atoms with Crippen molar-refractivity contribution in [2.45, 2.75) is 0 Å². The van der Waals surface area contributed by atoms with Gasteiger partial charge in [-0.25, -0.2) is 0 Å². The highest BCUT2D eigenvalue weighted by atomic mass is 16.3. The summed E-state index contributed by atoms with van der Waals surface area (Å²) >= 11 is 0. The Labute approximate surface area is 68.3 Å². The molecule has 0 radical (unpaired) electrons. The standard InChI is InChI=1S/C8H5N3O/c9-4-6-1-2-11-5-8(12)10-7(11)3-6/h1-3,5,12H. The van der Waals surface area contributed by atoms with Gasteiger partial charge < -0.3 is 9.51 Å². The van der Waals surface area contributed by atoms with Crippen molar-refractivity contribution in [2.24, 2.45) is 0 Å². The van der Waals surface area contributed by atoms with Crippen LogP contribution in [0, 0.1) is 11.3 Å². The highest BCUT2D eigenvalue weighted by Crippen LogP contribution is 2.10. The molecule has 0 aliphatic carbocycles. The number of imidazole rings is 1. The van der Waals surface area contributed by atoms with Crippen LogP contribution in [0.2, 0.25) is 0 Å². The van der Waals surface area contributed by atoms with Crippen molar-refractivity contribution in [1.29, 1.82) is 5.26 Å². The van der Waals surface area contributed by atoms with Crippen LogP contribution in [0.25, 0.3) is 5.65 Å². The van der Waals surface area contributed by atoms with Crippen molar-refractivity contribution in [3.8, 4) is 11.9 Å². The van der Waals surface area contributed by atoms with Crippen LogP contribution < -0.4 is 0 Å². The van der Waals surface area contributed by atoms with Gasteiger partial charge in [-0.05, 0) is 12.1 Å². The maximum Gasteiger partial charge on any atom is 0.230 e. The topological polar surface area (TPSA) is 61.3 Å². The first-order valence-electron chi connectivity index (χ1n) is 3.37. The van der Waals surface area contributed by atoms with Crippen LogP contribution in [0.5, 0.6) is 5.88 Å². The summed E-state index contributed by atoms with van der Waals surface area (Å²) in [4.78, 5) is 3.79. The van der Waals surface area contributed by atoms with Gasteiger partial charge >= 0.3 is 0 Å². The second-order valence-electron chi connectivity index (χ2n) is 2.39. The fourth-order valence-electron chi connectivity index (χ4n) is 1.04. The number of nitrogens with zero attached hydrogens (tertiary/aromatic N) is 3. The molecule has 0 amide bonds. The first-order chi connectivity index (χ1) is 5.79. The van der Waals surface area contributed by atoms with Crippen LogP contribution in [-0.2, 0) is 0 Å². The molecule has 2 rings (SSSR count). The van der Waals surface area contributed by atoms with E-state index in [0.717, 1.165) is 0 Å². The molecular formula is C8H5N3O. The van der Waals surface area contributed by atoms with E-state index in [1.807, 2.05) is 6.07 Å². The van der Waals surface area contributed by atoms with E-state index in [9.17, 15) is 0 Å². The average molecular weight is 159 g/mol. The van der Waals surface area contributed by atoms with Crippen molar-refractivity contribution < 1.29 is 5.11 Å². The molecular weight excluding hydrogens is 154 g/mol. The Kier molecular flexibility index (Phi) is 1.25. The summed E-state index contributed by atoms with van der Waals surface area (Å²) in [5.74, 6) is -0.0370. The van der Waals surface area contributed by atoms with E-state index >= 15 is 0 Å². The minimum atomic E-state index is -0.0370. The van der Waals surface area contributed by atoms with Gasteiger partial charge in [0.1, 0.15) is 5.65 Å². The molecule has 0 atom stereocenters.